The van der Waals surface area contributed by atoms with Gasteiger partial charge in [-0.25, -0.2) is 13.1 Å². The van der Waals surface area contributed by atoms with Gasteiger partial charge in [-0.05, 0) is 38.1 Å². The lowest BCUT2D eigenvalue weighted by molar-refractivity contribution is 0.405. The van der Waals surface area contributed by atoms with Crippen LogP contribution in [0.5, 0.6) is 5.75 Å². The number of ether oxygens (including phenoxy) is 1. The van der Waals surface area contributed by atoms with E-state index in [0.717, 1.165) is 5.56 Å². The number of nitrogens with one attached hydrogen (secondary N) is 3. The maximum Gasteiger partial charge on any atom is 0.314 e. The molecule has 1 heterocycles. The molecule has 0 amide bonds. The largest absolute Gasteiger partial charge is 0.496 e. The van der Waals surface area contributed by atoms with Crippen molar-refractivity contribution in [1.29, 1.82) is 0 Å². The topological polar surface area (TPSA) is 121 Å². The average Bonchev–Trinajstić information content (AvgIpc) is 2.61. The summed E-state index contributed by atoms with van der Waals surface area (Å²) in [5.74, 6) is 0.580. The van der Waals surface area contributed by atoms with E-state index in [1.165, 1.54) is 25.3 Å². The Kier molecular flexibility index (Phi) is 4.90. The van der Waals surface area contributed by atoms with Crippen LogP contribution in [0.15, 0.2) is 50.9 Å². The van der Waals surface area contributed by atoms with Gasteiger partial charge in [-0.3, -0.25) is 9.59 Å². The molecule has 3 N–H and O–H groups in total. The van der Waals surface area contributed by atoms with E-state index in [2.05, 4.69) is 14.7 Å². The lowest BCUT2D eigenvalue weighted by Crippen LogP contribution is -2.29. The van der Waals surface area contributed by atoms with Crippen molar-refractivity contribution in [3.05, 3.63) is 68.2 Å². The number of hydrogen-bond donors (Lipinski definition) is 3. The maximum atomic E-state index is 12.8. The van der Waals surface area contributed by atoms with Gasteiger partial charge in [0.05, 0.1) is 23.0 Å². The lowest BCUT2D eigenvalue weighted by Gasteiger charge is -2.18. The Morgan fingerprint density at radius 2 is 1.67 bits per heavy atom. The summed E-state index contributed by atoms with van der Waals surface area (Å²) in [5, 5.41) is 0. The van der Waals surface area contributed by atoms with Crippen molar-refractivity contribution in [3.63, 3.8) is 0 Å². The average molecular weight is 389 g/mol. The molecule has 2 aromatic carbocycles. The summed E-state index contributed by atoms with van der Waals surface area (Å²) in [5.41, 5.74) is 0.609. The van der Waals surface area contributed by atoms with Gasteiger partial charge in [0.25, 0.3) is 0 Å². The monoisotopic (exact) mass is 389 g/mol. The number of methoxy groups -OCH3 is 1. The molecule has 0 bridgehead atoms. The quantitative estimate of drug-likeness (QED) is 0.572. The highest BCUT2D eigenvalue weighted by molar-refractivity contribution is 7.89. The Bertz CT molecular complexity index is 1230. The van der Waals surface area contributed by atoms with Crippen molar-refractivity contribution in [2.45, 2.75) is 24.8 Å². The number of fused-ring (bicyclic) bond motifs is 1. The molecule has 142 valence electrons. The highest BCUT2D eigenvalue weighted by atomic mass is 32.2. The Morgan fingerprint density at radius 1 is 1.00 bits per heavy atom. The van der Waals surface area contributed by atoms with Crippen LogP contribution in [0.25, 0.3) is 11.0 Å². The summed E-state index contributed by atoms with van der Waals surface area (Å²) in [6, 6.07) is 9.06. The third-order valence-corrected chi connectivity index (χ3v) is 5.73. The number of rotatable bonds is 5. The van der Waals surface area contributed by atoms with Crippen LogP contribution in [0.3, 0.4) is 0 Å². The third-order valence-electron chi connectivity index (χ3n) is 4.19. The van der Waals surface area contributed by atoms with Crippen LogP contribution in [-0.2, 0) is 10.0 Å². The van der Waals surface area contributed by atoms with Gasteiger partial charge in [-0.2, -0.15) is 0 Å². The molecule has 0 saturated carbocycles. The number of benzene rings is 2. The molecule has 3 aromatic rings. The molecule has 3 rings (SSSR count). The number of aromatic nitrogens is 2. The Balaban J connectivity index is 1.98. The Labute approximate surface area is 155 Å². The molecule has 0 spiro atoms. The zero-order valence-electron chi connectivity index (χ0n) is 15.0. The molecular formula is C18H19N3O5S. The van der Waals surface area contributed by atoms with Crippen LogP contribution in [0.4, 0.5) is 0 Å². The molecule has 9 heteroatoms. The number of H-pyrrole nitrogens is 2. The molecular weight excluding hydrogens is 370 g/mol. The van der Waals surface area contributed by atoms with E-state index in [1.54, 1.807) is 13.0 Å². The fraction of sp³-hybridized carbons (Fsp3) is 0.222. The number of sulfonamides is 1. The smallest absolute Gasteiger partial charge is 0.314 e. The van der Waals surface area contributed by atoms with E-state index >= 15 is 0 Å². The van der Waals surface area contributed by atoms with E-state index < -0.39 is 27.2 Å². The Hall–Kier alpha value is -2.91. The molecule has 0 aliphatic carbocycles. The van der Waals surface area contributed by atoms with Crippen LogP contribution in [0, 0.1) is 6.92 Å². The molecule has 0 aliphatic heterocycles. The second kappa shape index (κ2) is 7.01. The van der Waals surface area contributed by atoms with Crippen LogP contribution in [0.1, 0.15) is 24.1 Å². The molecule has 0 radical (unpaired) electrons. The second-order valence-electron chi connectivity index (χ2n) is 6.20. The van der Waals surface area contributed by atoms with Crippen molar-refractivity contribution in [1.82, 2.24) is 14.7 Å². The third kappa shape index (κ3) is 3.79. The normalized spacial score (nSPS) is 12.9. The highest BCUT2D eigenvalue weighted by Crippen LogP contribution is 2.27. The minimum Gasteiger partial charge on any atom is -0.496 e. The van der Waals surface area contributed by atoms with E-state index in [1.807, 2.05) is 19.1 Å². The fourth-order valence-corrected chi connectivity index (χ4v) is 4.07. The molecule has 0 unspecified atom stereocenters. The first-order valence-electron chi connectivity index (χ1n) is 8.14. The summed E-state index contributed by atoms with van der Waals surface area (Å²) in [7, 11) is -2.36. The van der Waals surface area contributed by atoms with E-state index in [9.17, 15) is 18.0 Å². The first-order chi connectivity index (χ1) is 12.7. The molecule has 1 atom stereocenters. The minimum absolute atomic E-state index is 0.0313. The van der Waals surface area contributed by atoms with E-state index in [-0.39, 0.29) is 10.4 Å². The van der Waals surface area contributed by atoms with Gasteiger partial charge in [-0.1, -0.05) is 17.7 Å². The number of aryl methyl sites for hydroxylation is 1. The van der Waals surface area contributed by atoms with E-state index in [4.69, 9.17) is 4.74 Å². The standard InChI is InChI=1S/C18H19N3O5S/c1-10-4-7-16(26-3)13(8-10)11(2)21-27(24,25)12-5-6-14-15(9-12)20-18(23)17(22)19-14/h4-9,11,21H,1-3H3,(H,19,22)(H,20,23)/t11-/m0/s1. The first-order valence-corrected chi connectivity index (χ1v) is 9.63. The van der Waals surface area contributed by atoms with Gasteiger partial charge in [0.15, 0.2) is 0 Å². The maximum absolute atomic E-state index is 12.8. The molecule has 0 aliphatic rings. The molecule has 0 saturated heterocycles. The molecule has 1 aromatic heterocycles. The molecule has 27 heavy (non-hydrogen) atoms. The SMILES string of the molecule is COc1ccc(C)cc1[C@H](C)NS(=O)(=O)c1ccc2[nH]c(=O)c(=O)[nH]c2c1. The van der Waals surface area contributed by atoms with Crippen molar-refractivity contribution in [2.24, 2.45) is 0 Å². The summed E-state index contributed by atoms with van der Waals surface area (Å²) in [4.78, 5) is 27.6. The van der Waals surface area contributed by atoms with Gasteiger partial charge in [0.1, 0.15) is 5.75 Å². The summed E-state index contributed by atoms with van der Waals surface area (Å²) in [6.45, 7) is 3.62. The van der Waals surface area contributed by atoms with Gasteiger partial charge in [-0.15, -0.1) is 0 Å². The lowest BCUT2D eigenvalue weighted by atomic mass is 10.1. The molecule has 0 fully saturated rings. The zero-order chi connectivity index (χ0) is 19.8. The summed E-state index contributed by atoms with van der Waals surface area (Å²) >= 11 is 0. The summed E-state index contributed by atoms with van der Waals surface area (Å²) < 4.78 is 33.5. The fourth-order valence-electron chi connectivity index (χ4n) is 2.82. The van der Waals surface area contributed by atoms with Gasteiger partial charge >= 0.3 is 11.1 Å². The van der Waals surface area contributed by atoms with Crippen LogP contribution in [-0.4, -0.2) is 25.5 Å². The Morgan fingerprint density at radius 3 is 2.33 bits per heavy atom. The predicted molar refractivity (Wildman–Crippen MR) is 102 cm³/mol. The molecule has 8 nitrogen and oxygen atoms in total. The highest BCUT2D eigenvalue weighted by Gasteiger charge is 2.21. The van der Waals surface area contributed by atoms with E-state index in [0.29, 0.717) is 16.8 Å². The summed E-state index contributed by atoms with van der Waals surface area (Å²) in [6.07, 6.45) is 0. The van der Waals surface area contributed by atoms with Crippen molar-refractivity contribution >= 4 is 21.1 Å². The zero-order valence-corrected chi connectivity index (χ0v) is 15.8. The van der Waals surface area contributed by atoms with Gasteiger partial charge in [0.2, 0.25) is 10.0 Å². The minimum atomic E-state index is -3.88. The number of hydrogen-bond acceptors (Lipinski definition) is 5. The van der Waals surface area contributed by atoms with Crippen molar-refractivity contribution in [3.8, 4) is 5.75 Å². The van der Waals surface area contributed by atoms with Crippen molar-refractivity contribution < 1.29 is 13.2 Å². The van der Waals surface area contributed by atoms with Gasteiger partial charge in [0, 0.05) is 11.6 Å². The van der Waals surface area contributed by atoms with Crippen LogP contribution < -0.4 is 20.6 Å². The van der Waals surface area contributed by atoms with Crippen LogP contribution >= 0.6 is 0 Å². The number of aromatic amines is 2. The van der Waals surface area contributed by atoms with Gasteiger partial charge < -0.3 is 14.7 Å². The van der Waals surface area contributed by atoms with Crippen molar-refractivity contribution in [2.75, 3.05) is 7.11 Å². The predicted octanol–water partition coefficient (Wildman–Crippen LogP) is 1.57. The first kappa shape index (κ1) is 18.9. The van der Waals surface area contributed by atoms with Crippen LogP contribution in [0.2, 0.25) is 0 Å². The second-order valence-corrected chi connectivity index (χ2v) is 7.92.